The topological polar surface area (TPSA) is 52.6 Å². The van der Waals surface area contributed by atoms with Crippen LogP contribution in [0.1, 0.15) is 35.4 Å². The molecule has 0 saturated carbocycles. The number of benzene rings is 3. The van der Waals surface area contributed by atoms with Gasteiger partial charge in [0, 0.05) is 80.3 Å². The van der Waals surface area contributed by atoms with Gasteiger partial charge in [0.2, 0.25) is 0 Å². The van der Waals surface area contributed by atoms with Crippen LogP contribution in [-0.2, 0) is 18.9 Å². The molecule has 2 aliphatic heterocycles. The highest BCUT2D eigenvalue weighted by Crippen LogP contribution is 2.58. The van der Waals surface area contributed by atoms with E-state index in [-0.39, 0.29) is 5.92 Å². The van der Waals surface area contributed by atoms with Gasteiger partial charge >= 0.3 is 0 Å². The Hall–Kier alpha value is -3.10. The highest BCUT2D eigenvalue weighted by atomic mass is 16.5. The lowest BCUT2D eigenvalue weighted by Crippen LogP contribution is -2.34. The van der Waals surface area contributed by atoms with Crippen LogP contribution in [-0.4, -0.2) is 74.1 Å². The third-order valence-electron chi connectivity index (χ3n) is 7.52. The molecule has 0 spiro atoms. The van der Waals surface area contributed by atoms with Crippen LogP contribution in [0.2, 0.25) is 0 Å². The molecule has 0 N–H and O–H groups in total. The average Bonchev–Trinajstić information content (AvgIpc) is 2.98. The van der Waals surface area contributed by atoms with Crippen molar-refractivity contribution in [1.82, 2.24) is 0 Å². The molecule has 7 heteroatoms. The summed E-state index contributed by atoms with van der Waals surface area (Å²) >= 11 is 0. The van der Waals surface area contributed by atoms with Gasteiger partial charge in [-0.05, 0) is 48.7 Å². The Morgan fingerprint density at radius 1 is 0.564 bits per heavy atom. The zero-order chi connectivity index (χ0) is 27.0. The number of nitrogens with zero attached hydrogens (tertiary/aromatic N) is 2. The van der Waals surface area contributed by atoms with Gasteiger partial charge in [0.15, 0.2) is 0 Å². The van der Waals surface area contributed by atoms with Gasteiger partial charge in [0.05, 0.1) is 33.5 Å². The number of ether oxygens (including phenoxy) is 5. The van der Waals surface area contributed by atoms with Gasteiger partial charge in [-0.2, -0.15) is 0 Å². The minimum Gasteiger partial charge on any atom is -0.496 e. The second-order valence-electron chi connectivity index (χ2n) is 9.82. The first-order valence-electron chi connectivity index (χ1n) is 13.9. The maximum atomic E-state index is 5.99. The molecule has 2 aliphatic rings. The number of anilines is 4. The van der Waals surface area contributed by atoms with Gasteiger partial charge in [0.25, 0.3) is 0 Å². The largest absolute Gasteiger partial charge is 0.496 e. The summed E-state index contributed by atoms with van der Waals surface area (Å²) in [4.78, 5) is 4.92. The fourth-order valence-corrected chi connectivity index (χ4v) is 5.86. The highest BCUT2D eigenvalue weighted by molar-refractivity contribution is 5.90. The molecule has 0 amide bonds. The Morgan fingerprint density at radius 2 is 1.10 bits per heavy atom. The predicted octanol–water partition coefficient (Wildman–Crippen LogP) is 5.88. The van der Waals surface area contributed by atoms with Crippen LogP contribution >= 0.6 is 0 Å². The van der Waals surface area contributed by atoms with Crippen molar-refractivity contribution in [3.63, 3.8) is 0 Å². The lowest BCUT2D eigenvalue weighted by Gasteiger charge is -2.45. The molecular formula is C32H40N2O5. The van der Waals surface area contributed by atoms with E-state index in [2.05, 4.69) is 70.5 Å². The summed E-state index contributed by atoms with van der Waals surface area (Å²) in [5.41, 5.74) is 8.85. The molecule has 0 fully saturated rings. The summed E-state index contributed by atoms with van der Waals surface area (Å²) in [5.74, 6) is 1.02. The second kappa shape index (κ2) is 13.3. The van der Waals surface area contributed by atoms with E-state index >= 15 is 0 Å². The van der Waals surface area contributed by atoms with Crippen LogP contribution in [0.3, 0.4) is 0 Å². The molecule has 0 aliphatic carbocycles. The number of hydrogen-bond donors (Lipinski definition) is 0. The zero-order valence-electron chi connectivity index (χ0n) is 23.4. The normalized spacial score (nSPS) is 15.1. The Kier molecular flexibility index (Phi) is 9.37. The minimum atomic E-state index is 0.0990. The van der Waals surface area contributed by atoms with Crippen LogP contribution in [0.15, 0.2) is 60.7 Å². The van der Waals surface area contributed by atoms with E-state index in [0.717, 1.165) is 31.7 Å². The fourth-order valence-electron chi connectivity index (χ4n) is 5.86. The SMILES string of the molecule is COCCOCCCN1c2ccccc2C2c3c(OC)cccc3N(CCCOCCOC)c3cccc1c32. The third kappa shape index (κ3) is 5.63. The molecule has 1 atom stereocenters. The molecule has 0 aromatic heterocycles. The van der Waals surface area contributed by atoms with Gasteiger partial charge in [-0.3, -0.25) is 0 Å². The lowest BCUT2D eigenvalue weighted by atomic mass is 9.75. The van der Waals surface area contributed by atoms with E-state index in [1.807, 2.05) is 0 Å². The molecule has 0 bridgehead atoms. The summed E-state index contributed by atoms with van der Waals surface area (Å²) in [6, 6.07) is 21.9. The van der Waals surface area contributed by atoms with E-state index in [1.54, 1.807) is 21.3 Å². The molecule has 1 unspecified atom stereocenters. The van der Waals surface area contributed by atoms with Crippen molar-refractivity contribution in [2.24, 2.45) is 0 Å². The molecule has 3 aromatic rings. The Morgan fingerprint density at radius 3 is 1.72 bits per heavy atom. The number of fused-ring (bicyclic) bond motifs is 4. The van der Waals surface area contributed by atoms with Gasteiger partial charge < -0.3 is 33.5 Å². The molecule has 3 aromatic carbocycles. The summed E-state index contributed by atoms with van der Waals surface area (Å²) in [6.45, 7) is 5.59. The molecular weight excluding hydrogens is 492 g/mol. The Labute approximate surface area is 232 Å². The second-order valence-corrected chi connectivity index (χ2v) is 9.82. The fraction of sp³-hybridized carbons (Fsp3) is 0.438. The molecule has 208 valence electrons. The highest BCUT2D eigenvalue weighted by Gasteiger charge is 2.40. The molecule has 5 rings (SSSR count). The van der Waals surface area contributed by atoms with Gasteiger partial charge in [-0.1, -0.05) is 30.3 Å². The van der Waals surface area contributed by atoms with Crippen LogP contribution in [0.5, 0.6) is 5.75 Å². The Bertz CT molecular complexity index is 1220. The van der Waals surface area contributed by atoms with Crippen molar-refractivity contribution in [1.29, 1.82) is 0 Å². The summed E-state index contributed by atoms with van der Waals surface area (Å²) in [6.07, 6.45) is 1.84. The zero-order valence-corrected chi connectivity index (χ0v) is 23.4. The van der Waals surface area contributed by atoms with Crippen LogP contribution in [0.25, 0.3) is 0 Å². The monoisotopic (exact) mass is 532 g/mol. The number of rotatable bonds is 15. The van der Waals surface area contributed by atoms with Crippen molar-refractivity contribution < 1.29 is 23.7 Å². The van der Waals surface area contributed by atoms with Crippen LogP contribution in [0.4, 0.5) is 22.7 Å². The smallest absolute Gasteiger partial charge is 0.125 e. The van der Waals surface area contributed by atoms with Gasteiger partial charge in [-0.15, -0.1) is 0 Å². The molecule has 7 nitrogen and oxygen atoms in total. The molecule has 2 heterocycles. The summed E-state index contributed by atoms with van der Waals surface area (Å²) in [5, 5.41) is 0. The van der Waals surface area contributed by atoms with E-state index in [0.29, 0.717) is 39.6 Å². The van der Waals surface area contributed by atoms with Crippen molar-refractivity contribution >= 4 is 22.7 Å². The summed E-state index contributed by atoms with van der Waals surface area (Å²) in [7, 11) is 5.18. The van der Waals surface area contributed by atoms with Gasteiger partial charge in [-0.25, -0.2) is 0 Å². The Balaban J connectivity index is 1.51. The maximum absolute atomic E-state index is 5.99. The maximum Gasteiger partial charge on any atom is 0.125 e. The van der Waals surface area contributed by atoms with E-state index < -0.39 is 0 Å². The average molecular weight is 533 g/mol. The predicted molar refractivity (Wildman–Crippen MR) is 155 cm³/mol. The van der Waals surface area contributed by atoms with E-state index in [4.69, 9.17) is 23.7 Å². The van der Waals surface area contributed by atoms with Crippen molar-refractivity contribution in [2.75, 3.05) is 83.9 Å². The van der Waals surface area contributed by atoms with Crippen molar-refractivity contribution in [3.8, 4) is 5.75 Å². The van der Waals surface area contributed by atoms with Crippen molar-refractivity contribution in [2.45, 2.75) is 18.8 Å². The molecule has 0 radical (unpaired) electrons. The first kappa shape index (κ1) is 27.5. The molecule has 39 heavy (non-hydrogen) atoms. The quantitative estimate of drug-likeness (QED) is 0.226. The van der Waals surface area contributed by atoms with E-state index in [9.17, 15) is 0 Å². The summed E-state index contributed by atoms with van der Waals surface area (Å²) < 4.78 is 27.8. The molecule has 0 saturated heterocycles. The number of methoxy groups -OCH3 is 3. The minimum absolute atomic E-state index is 0.0990. The van der Waals surface area contributed by atoms with Crippen molar-refractivity contribution in [3.05, 3.63) is 77.4 Å². The first-order chi connectivity index (χ1) is 19.3. The lowest BCUT2D eigenvalue weighted by molar-refractivity contribution is 0.0702. The van der Waals surface area contributed by atoms with E-state index in [1.165, 1.54) is 39.4 Å². The number of hydrogen-bond acceptors (Lipinski definition) is 7. The standard InChI is InChI=1S/C32H40N2O5/c1-35-20-22-38-18-8-16-33-25-11-5-4-10-24(25)30-31-26(33)12-6-13-27(31)34(17-9-19-39-23-21-36-2)28-14-7-15-29(37-3)32(28)30/h4-7,10-15,30H,8-9,16-23H2,1-3H3. The van der Waals surface area contributed by atoms with Crippen LogP contribution < -0.4 is 14.5 Å². The first-order valence-corrected chi connectivity index (χ1v) is 13.9. The van der Waals surface area contributed by atoms with Gasteiger partial charge in [0.1, 0.15) is 5.75 Å². The third-order valence-corrected chi connectivity index (χ3v) is 7.52. The van der Waals surface area contributed by atoms with Crippen LogP contribution in [0, 0.1) is 0 Å². The number of para-hydroxylation sites is 1.